The van der Waals surface area contributed by atoms with Crippen molar-refractivity contribution in [3.63, 3.8) is 0 Å². The zero-order valence-electron chi connectivity index (χ0n) is 8.25. The van der Waals surface area contributed by atoms with E-state index in [1.165, 1.54) is 25.0 Å². The van der Waals surface area contributed by atoms with Crippen molar-refractivity contribution in [1.29, 1.82) is 0 Å². The van der Waals surface area contributed by atoms with Crippen LogP contribution in [0.3, 0.4) is 0 Å². The molecule has 0 aromatic rings. The van der Waals surface area contributed by atoms with Crippen LogP contribution in [-0.4, -0.2) is 23.3 Å². The van der Waals surface area contributed by atoms with Crippen LogP contribution in [0.4, 0.5) is 0 Å². The first-order valence-electron chi connectivity index (χ1n) is 5.31. The molecule has 0 heterocycles. The molecule has 2 rings (SSSR count). The molecule has 0 bridgehead atoms. The van der Waals surface area contributed by atoms with Crippen LogP contribution in [0.1, 0.15) is 39.0 Å². The van der Waals surface area contributed by atoms with Gasteiger partial charge in [0.1, 0.15) is 0 Å². The lowest BCUT2D eigenvalue weighted by molar-refractivity contribution is -0.114. The number of nitrogens with zero attached hydrogens (tertiary/aromatic N) is 1. The SMILES string of the molecule is CCCN(C1=CC(=O)CC1)C1CC1. The Labute approximate surface area is 79.6 Å². The first-order chi connectivity index (χ1) is 6.31. The van der Waals surface area contributed by atoms with Gasteiger partial charge in [-0.15, -0.1) is 0 Å². The van der Waals surface area contributed by atoms with Crippen LogP contribution in [0.15, 0.2) is 11.8 Å². The van der Waals surface area contributed by atoms with Gasteiger partial charge in [0.05, 0.1) is 0 Å². The molecule has 0 N–H and O–H groups in total. The van der Waals surface area contributed by atoms with Crippen molar-refractivity contribution in [2.24, 2.45) is 0 Å². The molecule has 1 saturated carbocycles. The van der Waals surface area contributed by atoms with Crippen molar-refractivity contribution in [3.05, 3.63) is 11.8 Å². The summed E-state index contributed by atoms with van der Waals surface area (Å²) in [5.41, 5.74) is 1.30. The summed E-state index contributed by atoms with van der Waals surface area (Å²) in [4.78, 5) is 13.6. The molecular weight excluding hydrogens is 162 g/mol. The molecule has 0 aromatic heterocycles. The third-order valence-electron chi connectivity index (χ3n) is 2.78. The van der Waals surface area contributed by atoms with E-state index in [1.54, 1.807) is 0 Å². The number of rotatable bonds is 4. The second-order valence-electron chi connectivity index (χ2n) is 4.03. The third kappa shape index (κ3) is 1.93. The maximum Gasteiger partial charge on any atom is 0.157 e. The summed E-state index contributed by atoms with van der Waals surface area (Å²) in [7, 11) is 0. The number of allylic oxidation sites excluding steroid dienone is 2. The van der Waals surface area contributed by atoms with Gasteiger partial charge in [0.2, 0.25) is 0 Å². The molecule has 2 nitrogen and oxygen atoms in total. The van der Waals surface area contributed by atoms with Crippen LogP contribution in [0.25, 0.3) is 0 Å². The van der Waals surface area contributed by atoms with Crippen molar-refractivity contribution < 1.29 is 4.79 Å². The minimum absolute atomic E-state index is 0.316. The van der Waals surface area contributed by atoms with E-state index in [4.69, 9.17) is 0 Å². The Morgan fingerprint density at radius 2 is 2.23 bits per heavy atom. The normalized spacial score (nSPS) is 21.9. The highest BCUT2D eigenvalue weighted by Gasteiger charge is 2.31. The van der Waals surface area contributed by atoms with Gasteiger partial charge in [-0.3, -0.25) is 4.79 Å². The molecule has 1 fully saturated rings. The second-order valence-corrected chi connectivity index (χ2v) is 4.03. The number of carbonyl (C=O) groups is 1. The Bertz CT molecular complexity index is 240. The van der Waals surface area contributed by atoms with E-state index in [0.717, 1.165) is 25.4 Å². The molecule has 0 atom stereocenters. The fourth-order valence-electron chi connectivity index (χ4n) is 2.00. The van der Waals surface area contributed by atoms with Crippen molar-refractivity contribution in [2.45, 2.75) is 45.1 Å². The zero-order chi connectivity index (χ0) is 9.26. The minimum atomic E-state index is 0.316. The van der Waals surface area contributed by atoms with Crippen LogP contribution < -0.4 is 0 Å². The summed E-state index contributed by atoms with van der Waals surface area (Å²) in [6, 6.07) is 0.761. The molecule has 72 valence electrons. The minimum Gasteiger partial charge on any atom is -0.372 e. The first-order valence-corrected chi connectivity index (χ1v) is 5.31. The lowest BCUT2D eigenvalue weighted by Gasteiger charge is -2.24. The van der Waals surface area contributed by atoms with Gasteiger partial charge in [0.15, 0.2) is 5.78 Å². The standard InChI is InChI=1S/C11H17NO/c1-2-7-12(9-3-4-9)10-5-6-11(13)8-10/h8-9H,2-7H2,1H3. The number of ketones is 1. The van der Waals surface area contributed by atoms with E-state index >= 15 is 0 Å². The third-order valence-corrected chi connectivity index (χ3v) is 2.78. The summed E-state index contributed by atoms with van der Waals surface area (Å²) in [5.74, 6) is 0.316. The Kier molecular flexibility index (Phi) is 2.38. The van der Waals surface area contributed by atoms with Gasteiger partial charge >= 0.3 is 0 Å². The van der Waals surface area contributed by atoms with Crippen LogP contribution in [-0.2, 0) is 4.79 Å². The van der Waals surface area contributed by atoms with Crippen LogP contribution >= 0.6 is 0 Å². The fourth-order valence-corrected chi connectivity index (χ4v) is 2.00. The van der Waals surface area contributed by atoms with Gasteiger partial charge in [-0.25, -0.2) is 0 Å². The highest BCUT2D eigenvalue weighted by molar-refractivity contribution is 5.92. The largest absolute Gasteiger partial charge is 0.372 e. The van der Waals surface area contributed by atoms with Crippen molar-refractivity contribution in [2.75, 3.05) is 6.54 Å². The Morgan fingerprint density at radius 3 is 2.69 bits per heavy atom. The zero-order valence-corrected chi connectivity index (χ0v) is 8.25. The molecule has 2 aliphatic rings. The monoisotopic (exact) mass is 179 g/mol. The molecule has 0 saturated heterocycles. The van der Waals surface area contributed by atoms with Crippen molar-refractivity contribution >= 4 is 5.78 Å². The van der Waals surface area contributed by atoms with Gasteiger partial charge < -0.3 is 4.90 Å². The van der Waals surface area contributed by atoms with Crippen molar-refractivity contribution in [3.8, 4) is 0 Å². The number of carbonyl (C=O) groups excluding carboxylic acids is 1. The highest BCUT2D eigenvalue weighted by atomic mass is 16.1. The van der Waals surface area contributed by atoms with E-state index in [2.05, 4.69) is 11.8 Å². The van der Waals surface area contributed by atoms with Gasteiger partial charge in [-0.1, -0.05) is 6.92 Å². The molecule has 0 radical (unpaired) electrons. The average molecular weight is 179 g/mol. The summed E-state index contributed by atoms with van der Waals surface area (Å²) in [5, 5.41) is 0. The molecule has 2 aliphatic carbocycles. The van der Waals surface area contributed by atoms with Crippen LogP contribution in [0.2, 0.25) is 0 Å². The predicted octanol–water partition coefficient (Wildman–Crippen LogP) is 2.11. The predicted molar refractivity (Wildman–Crippen MR) is 52.3 cm³/mol. The number of hydrogen-bond acceptors (Lipinski definition) is 2. The van der Waals surface area contributed by atoms with E-state index < -0.39 is 0 Å². The summed E-state index contributed by atoms with van der Waals surface area (Å²) in [6.07, 6.45) is 7.41. The Morgan fingerprint density at radius 1 is 1.46 bits per heavy atom. The van der Waals surface area contributed by atoms with Gasteiger partial charge in [-0.2, -0.15) is 0 Å². The molecule has 2 heteroatoms. The van der Waals surface area contributed by atoms with Gasteiger partial charge in [0, 0.05) is 30.8 Å². The maximum atomic E-state index is 11.1. The van der Waals surface area contributed by atoms with Crippen molar-refractivity contribution in [1.82, 2.24) is 4.90 Å². The average Bonchev–Trinajstić information content (AvgIpc) is 2.85. The summed E-state index contributed by atoms with van der Waals surface area (Å²) in [6.45, 7) is 3.33. The lowest BCUT2D eigenvalue weighted by atomic mass is 10.3. The Hall–Kier alpha value is -0.790. The second kappa shape index (κ2) is 3.52. The van der Waals surface area contributed by atoms with Crippen LogP contribution in [0.5, 0.6) is 0 Å². The maximum absolute atomic E-state index is 11.1. The molecule has 0 spiro atoms. The van der Waals surface area contributed by atoms with E-state index in [0.29, 0.717) is 5.78 Å². The smallest absolute Gasteiger partial charge is 0.157 e. The molecule has 0 unspecified atom stereocenters. The fraction of sp³-hybridized carbons (Fsp3) is 0.727. The molecule has 13 heavy (non-hydrogen) atoms. The Balaban J connectivity index is 2.01. The molecule has 0 amide bonds. The van der Waals surface area contributed by atoms with Gasteiger partial charge in [-0.05, 0) is 25.7 Å². The lowest BCUT2D eigenvalue weighted by Crippen LogP contribution is -2.25. The highest BCUT2D eigenvalue weighted by Crippen LogP contribution is 2.33. The van der Waals surface area contributed by atoms with Crippen LogP contribution in [0, 0.1) is 0 Å². The quantitative estimate of drug-likeness (QED) is 0.658. The summed E-state index contributed by atoms with van der Waals surface area (Å²) >= 11 is 0. The first kappa shape index (κ1) is 8.79. The molecule has 0 aromatic carbocycles. The topological polar surface area (TPSA) is 20.3 Å². The van der Waals surface area contributed by atoms with E-state index in [-0.39, 0.29) is 0 Å². The molecule has 0 aliphatic heterocycles. The number of hydrogen-bond donors (Lipinski definition) is 0. The van der Waals surface area contributed by atoms with Gasteiger partial charge in [0.25, 0.3) is 0 Å². The van der Waals surface area contributed by atoms with E-state index in [9.17, 15) is 4.79 Å². The summed E-state index contributed by atoms with van der Waals surface area (Å²) < 4.78 is 0. The molecular formula is C11H17NO. The van der Waals surface area contributed by atoms with E-state index in [1.807, 2.05) is 6.08 Å².